The Morgan fingerprint density at radius 3 is 2.50 bits per heavy atom. The Hall–Kier alpha value is -1.62. The van der Waals surface area contributed by atoms with Crippen LogP contribution in [0.3, 0.4) is 0 Å². The lowest BCUT2D eigenvalue weighted by molar-refractivity contribution is -0.384. The minimum atomic E-state index is -0.493. The van der Waals surface area contributed by atoms with E-state index >= 15 is 0 Å². The summed E-state index contributed by atoms with van der Waals surface area (Å²) < 4.78 is 0. The van der Waals surface area contributed by atoms with Crippen LogP contribution in [0.25, 0.3) is 0 Å². The molecule has 0 spiro atoms. The molecule has 2 rings (SSSR count). The monoisotopic (exact) mass is 268 g/mol. The van der Waals surface area contributed by atoms with Gasteiger partial charge < -0.3 is 5.32 Å². The Kier molecular flexibility index (Phi) is 3.81. The molecule has 0 saturated heterocycles. The molecule has 18 heavy (non-hydrogen) atoms. The second-order valence-corrected chi connectivity index (χ2v) is 4.89. The normalized spacial score (nSPS) is 22.7. The number of amides is 1. The van der Waals surface area contributed by atoms with Crippen LogP contribution < -0.4 is 5.32 Å². The van der Waals surface area contributed by atoms with Crippen molar-refractivity contribution in [2.24, 2.45) is 0 Å². The first-order valence-electron chi connectivity index (χ1n) is 5.77. The van der Waals surface area contributed by atoms with Crippen LogP contribution in [0.1, 0.15) is 29.6 Å². The lowest BCUT2D eigenvalue weighted by atomic mass is 10.1. The van der Waals surface area contributed by atoms with E-state index < -0.39 is 4.92 Å². The van der Waals surface area contributed by atoms with Crippen molar-refractivity contribution < 1.29 is 9.72 Å². The molecule has 1 fully saturated rings. The summed E-state index contributed by atoms with van der Waals surface area (Å²) in [6, 6.07) is 5.54. The molecule has 2 unspecified atom stereocenters. The van der Waals surface area contributed by atoms with Gasteiger partial charge in [-0.3, -0.25) is 14.9 Å². The maximum absolute atomic E-state index is 11.9. The third kappa shape index (κ3) is 2.79. The van der Waals surface area contributed by atoms with Gasteiger partial charge in [-0.05, 0) is 31.4 Å². The topological polar surface area (TPSA) is 72.2 Å². The van der Waals surface area contributed by atoms with E-state index in [0.29, 0.717) is 5.56 Å². The van der Waals surface area contributed by atoms with Crippen molar-refractivity contribution in [3.8, 4) is 0 Å². The highest BCUT2D eigenvalue weighted by Gasteiger charge is 2.26. The lowest BCUT2D eigenvalue weighted by Gasteiger charge is -2.15. The number of rotatable bonds is 3. The van der Waals surface area contributed by atoms with Crippen LogP contribution in [0.4, 0.5) is 5.69 Å². The number of nitro groups is 1. The smallest absolute Gasteiger partial charge is 0.269 e. The first kappa shape index (κ1) is 12.8. The van der Waals surface area contributed by atoms with Crippen molar-refractivity contribution in [3.63, 3.8) is 0 Å². The first-order valence-corrected chi connectivity index (χ1v) is 6.21. The summed E-state index contributed by atoms with van der Waals surface area (Å²) in [4.78, 5) is 21.9. The SMILES string of the molecule is O=C(NC1CCCC1Cl)c1ccc([N+](=O)[O-])cc1. The van der Waals surface area contributed by atoms with Crippen molar-refractivity contribution in [2.45, 2.75) is 30.7 Å². The summed E-state index contributed by atoms with van der Waals surface area (Å²) in [7, 11) is 0. The van der Waals surface area contributed by atoms with Gasteiger partial charge in [0, 0.05) is 23.7 Å². The van der Waals surface area contributed by atoms with Gasteiger partial charge in [0.2, 0.25) is 0 Å². The second-order valence-electron chi connectivity index (χ2n) is 4.33. The fraction of sp³-hybridized carbons (Fsp3) is 0.417. The van der Waals surface area contributed by atoms with Gasteiger partial charge in [-0.15, -0.1) is 11.6 Å². The van der Waals surface area contributed by atoms with Gasteiger partial charge in [-0.25, -0.2) is 0 Å². The maximum Gasteiger partial charge on any atom is 0.269 e. The van der Waals surface area contributed by atoms with Gasteiger partial charge >= 0.3 is 0 Å². The Balaban J connectivity index is 2.02. The largest absolute Gasteiger partial charge is 0.348 e. The number of hydrogen-bond donors (Lipinski definition) is 1. The molecule has 1 aromatic carbocycles. The Morgan fingerprint density at radius 2 is 2.00 bits per heavy atom. The highest BCUT2D eigenvalue weighted by Crippen LogP contribution is 2.24. The summed E-state index contributed by atoms with van der Waals surface area (Å²) in [6.07, 6.45) is 2.80. The van der Waals surface area contributed by atoms with Crippen LogP contribution in [-0.2, 0) is 0 Å². The summed E-state index contributed by atoms with van der Waals surface area (Å²) >= 11 is 6.07. The predicted octanol–water partition coefficient (Wildman–Crippen LogP) is 2.48. The molecule has 96 valence electrons. The number of hydrogen-bond acceptors (Lipinski definition) is 3. The minimum Gasteiger partial charge on any atom is -0.348 e. The number of alkyl halides is 1. The van der Waals surface area contributed by atoms with E-state index in [-0.39, 0.29) is 23.0 Å². The summed E-state index contributed by atoms with van der Waals surface area (Å²) in [5, 5.41) is 13.3. The van der Waals surface area contributed by atoms with E-state index in [9.17, 15) is 14.9 Å². The number of carbonyl (C=O) groups is 1. The zero-order valence-electron chi connectivity index (χ0n) is 9.64. The zero-order valence-corrected chi connectivity index (χ0v) is 10.4. The number of nitro benzene ring substituents is 1. The molecule has 1 aliphatic carbocycles. The third-order valence-corrected chi connectivity index (χ3v) is 3.61. The number of benzene rings is 1. The number of nitrogens with zero attached hydrogens (tertiary/aromatic N) is 1. The number of halogens is 1. The molecule has 0 bridgehead atoms. The summed E-state index contributed by atoms with van der Waals surface area (Å²) in [5.41, 5.74) is 0.388. The van der Waals surface area contributed by atoms with Gasteiger partial charge in [-0.1, -0.05) is 0 Å². The molecular weight excluding hydrogens is 256 g/mol. The van der Waals surface area contributed by atoms with Gasteiger partial charge in [0.25, 0.3) is 11.6 Å². The average Bonchev–Trinajstić information content (AvgIpc) is 2.75. The first-order chi connectivity index (χ1) is 8.58. The van der Waals surface area contributed by atoms with Crippen molar-refractivity contribution in [2.75, 3.05) is 0 Å². The van der Waals surface area contributed by atoms with Crippen molar-refractivity contribution in [3.05, 3.63) is 39.9 Å². The molecule has 0 aliphatic heterocycles. The summed E-state index contributed by atoms with van der Waals surface area (Å²) in [5.74, 6) is -0.234. The molecule has 6 heteroatoms. The zero-order chi connectivity index (χ0) is 13.1. The highest BCUT2D eigenvalue weighted by molar-refractivity contribution is 6.21. The molecule has 0 heterocycles. The van der Waals surface area contributed by atoms with E-state index in [1.807, 2.05) is 0 Å². The molecule has 0 radical (unpaired) electrons. The molecular formula is C12H13ClN2O3. The van der Waals surface area contributed by atoms with E-state index in [4.69, 9.17) is 11.6 Å². The molecule has 1 amide bonds. The summed E-state index contributed by atoms with van der Waals surface area (Å²) in [6.45, 7) is 0. The van der Waals surface area contributed by atoms with Crippen LogP contribution in [0, 0.1) is 10.1 Å². The van der Waals surface area contributed by atoms with Crippen molar-refractivity contribution in [1.29, 1.82) is 0 Å². The molecule has 1 saturated carbocycles. The Labute approximate surface area is 109 Å². The van der Waals surface area contributed by atoms with E-state index in [0.717, 1.165) is 19.3 Å². The number of non-ortho nitro benzene ring substituents is 1. The van der Waals surface area contributed by atoms with Crippen LogP contribution in [0.2, 0.25) is 0 Å². The molecule has 0 aromatic heterocycles. The molecule has 2 atom stereocenters. The Bertz CT molecular complexity index is 461. The van der Waals surface area contributed by atoms with Gasteiger partial charge in [0.05, 0.1) is 10.3 Å². The fourth-order valence-electron chi connectivity index (χ4n) is 2.06. The number of nitrogens with one attached hydrogen (secondary N) is 1. The van der Waals surface area contributed by atoms with Crippen molar-refractivity contribution in [1.82, 2.24) is 5.32 Å². The maximum atomic E-state index is 11.9. The van der Waals surface area contributed by atoms with E-state index in [1.54, 1.807) is 0 Å². The third-order valence-electron chi connectivity index (χ3n) is 3.09. The number of carbonyl (C=O) groups excluding carboxylic acids is 1. The molecule has 5 nitrogen and oxygen atoms in total. The van der Waals surface area contributed by atoms with Gasteiger partial charge in [0.1, 0.15) is 0 Å². The van der Waals surface area contributed by atoms with Crippen molar-refractivity contribution >= 4 is 23.2 Å². The quantitative estimate of drug-likeness (QED) is 0.520. The molecule has 1 N–H and O–H groups in total. The average molecular weight is 269 g/mol. The highest BCUT2D eigenvalue weighted by atomic mass is 35.5. The molecule has 1 aromatic rings. The lowest BCUT2D eigenvalue weighted by Crippen LogP contribution is -2.37. The van der Waals surface area contributed by atoms with Crippen LogP contribution in [0.15, 0.2) is 24.3 Å². The van der Waals surface area contributed by atoms with Gasteiger partial charge in [0.15, 0.2) is 0 Å². The minimum absolute atomic E-state index is 0.00522. The second kappa shape index (κ2) is 5.35. The van der Waals surface area contributed by atoms with E-state index in [2.05, 4.69) is 5.32 Å². The fourth-order valence-corrected chi connectivity index (χ4v) is 2.41. The van der Waals surface area contributed by atoms with Crippen LogP contribution in [0.5, 0.6) is 0 Å². The Morgan fingerprint density at radius 1 is 1.33 bits per heavy atom. The van der Waals surface area contributed by atoms with E-state index in [1.165, 1.54) is 24.3 Å². The molecule has 1 aliphatic rings. The standard InChI is InChI=1S/C12H13ClN2O3/c13-10-2-1-3-11(10)14-12(16)8-4-6-9(7-5-8)15(17)18/h4-7,10-11H,1-3H2,(H,14,16). The van der Waals surface area contributed by atoms with Crippen LogP contribution >= 0.6 is 11.6 Å². The predicted molar refractivity (Wildman–Crippen MR) is 67.8 cm³/mol. The van der Waals surface area contributed by atoms with Crippen LogP contribution in [-0.4, -0.2) is 22.2 Å². The van der Waals surface area contributed by atoms with Gasteiger partial charge in [-0.2, -0.15) is 0 Å².